The van der Waals surface area contributed by atoms with Crippen molar-refractivity contribution in [2.24, 2.45) is 0 Å². The highest BCUT2D eigenvalue weighted by molar-refractivity contribution is 6.78. The zero-order valence-corrected chi connectivity index (χ0v) is 28.3. The Bertz CT molecular complexity index is 807. The Kier molecular flexibility index (Phi) is 11.8. The van der Waals surface area contributed by atoms with Crippen molar-refractivity contribution >= 4 is 33.9 Å². The first-order valence-electron chi connectivity index (χ1n) is 14.4. The third-order valence-electron chi connectivity index (χ3n) is 9.01. The summed E-state index contributed by atoms with van der Waals surface area (Å²) in [6.45, 7) is 28.0. The molecule has 0 aliphatic carbocycles. The molecule has 0 unspecified atom stereocenters. The number of nitrogen functional groups attached to an aromatic ring is 1. The van der Waals surface area contributed by atoms with Crippen LogP contribution in [0.4, 0.5) is 5.69 Å². The molecule has 1 aromatic rings. The Morgan fingerprint density at radius 3 is 1.73 bits per heavy atom. The molecule has 0 bridgehead atoms. The largest absolute Gasteiger partial charge is 0.410 e. The predicted molar refractivity (Wildman–Crippen MR) is 163 cm³/mol. The molecule has 8 heteroatoms. The molecular formula is C29H55ClN2O3Si2. The number of aromatic nitrogens is 1. The minimum absolute atomic E-state index is 0.114. The van der Waals surface area contributed by atoms with Crippen molar-refractivity contribution in [1.29, 1.82) is 0 Å². The highest BCUT2D eigenvalue weighted by Crippen LogP contribution is 2.49. The van der Waals surface area contributed by atoms with Gasteiger partial charge in [0.25, 0.3) is 0 Å². The lowest BCUT2D eigenvalue weighted by molar-refractivity contribution is -0.153. The quantitative estimate of drug-likeness (QED) is 0.201. The first-order chi connectivity index (χ1) is 17.2. The van der Waals surface area contributed by atoms with Gasteiger partial charge >= 0.3 is 0 Å². The summed E-state index contributed by atoms with van der Waals surface area (Å²) >= 11 is 6.68. The van der Waals surface area contributed by atoms with E-state index in [2.05, 4.69) is 88.1 Å². The second kappa shape index (κ2) is 13.3. The molecule has 5 nitrogen and oxygen atoms in total. The van der Waals surface area contributed by atoms with E-state index in [0.29, 0.717) is 51.2 Å². The second-order valence-electron chi connectivity index (χ2n) is 12.9. The van der Waals surface area contributed by atoms with Gasteiger partial charge in [0.2, 0.25) is 16.6 Å². The van der Waals surface area contributed by atoms with Crippen molar-refractivity contribution in [2.45, 2.75) is 147 Å². The van der Waals surface area contributed by atoms with Crippen molar-refractivity contribution in [1.82, 2.24) is 4.98 Å². The molecule has 4 atom stereocenters. The number of hydrogen-bond acceptors (Lipinski definition) is 5. The van der Waals surface area contributed by atoms with Gasteiger partial charge in [-0.3, -0.25) is 4.98 Å². The van der Waals surface area contributed by atoms with Crippen molar-refractivity contribution in [3.8, 4) is 0 Å². The maximum atomic E-state index is 7.53. The van der Waals surface area contributed by atoms with Crippen molar-refractivity contribution in [2.75, 3.05) is 11.6 Å². The third-order valence-corrected chi connectivity index (χ3v) is 21.5. The molecule has 0 amide bonds. The van der Waals surface area contributed by atoms with Gasteiger partial charge in [0.15, 0.2) is 0 Å². The predicted octanol–water partition coefficient (Wildman–Crippen LogP) is 8.85. The first kappa shape index (κ1) is 32.8. The molecule has 1 aliphatic heterocycles. The molecule has 0 spiro atoms. The van der Waals surface area contributed by atoms with Crippen LogP contribution in [0.15, 0.2) is 18.5 Å². The summed E-state index contributed by atoms with van der Waals surface area (Å²) in [5.41, 5.74) is 10.8. The maximum absolute atomic E-state index is 7.53. The van der Waals surface area contributed by atoms with Gasteiger partial charge in [0.05, 0.1) is 42.2 Å². The molecule has 1 fully saturated rings. The molecule has 37 heavy (non-hydrogen) atoms. The fourth-order valence-corrected chi connectivity index (χ4v) is 19.0. The van der Waals surface area contributed by atoms with E-state index < -0.39 is 16.6 Å². The Morgan fingerprint density at radius 2 is 1.32 bits per heavy atom. The molecule has 1 aliphatic rings. The summed E-state index contributed by atoms with van der Waals surface area (Å²) in [5, 5.41) is 0. The lowest BCUT2D eigenvalue weighted by Gasteiger charge is -2.53. The van der Waals surface area contributed by atoms with E-state index in [0.717, 1.165) is 5.56 Å². The molecule has 214 valence electrons. The molecule has 2 N–H and O–H groups in total. The van der Waals surface area contributed by atoms with Crippen molar-refractivity contribution in [3.63, 3.8) is 0 Å². The van der Waals surface area contributed by atoms with E-state index in [9.17, 15) is 0 Å². The Hall–Kier alpha value is -0.446. The summed E-state index contributed by atoms with van der Waals surface area (Å²) in [7, 11) is -4.43. The second-order valence-corrected chi connectivity index (χ2v) is 24.1. The number of halogens is 1. The van der Waals surface area contributed by atoms with Crippen LogP contribution in [0.1, 0.15) is 101 Å². The first-order valence-corrected chi connectivity index (χ1v) is 19.2. The highest BCUT2D eigenvalue weighted by atomic mass is 35.5. The van der Waals surface area contributed by atoms with Crippen LogP contribution in [0.5, 0.6) is 0 Å². The van der Waals surface area contributed by atoms with Crippen LogP contribution in [-0.4, -0.2) is 45.8 Å². The fraction of sp³-hybridized carbons (Fsp3) is 0.828. The zero-order valence-electron chi connectivity index (χ0n) is 25.5. The van der Waals surface area contributed by atoms with Crippen LogP contribution in [0.3, 0.4) is 0 Å². The minimum Gasteiger partial charge on any atom is -0.410 e. The van der Waals surface area contributed by atoms with Gasteiger partial charge in [-0.1, -0.05) is 83.1 Å². The normalized spacial score (nSPS) is 23.9. The Labute approximate surface area is 234 Å². The summed E-state index contributed by atoms with van der Waals surface area (Å²) in [4.78, 5) is 4.20. The summed E-state index contributed by atoms with van der Waals surface area (Å²) < 4.78 is 21.7. The highest BCUT2D eigenvalue weighted by Gasteiger charge is 2.54. The van der Waals surface area contributed by atoms with E-state index in [1.165, 1.54) is 0 Å². The SMILES string of the molecule is CC(C)[Si](O[C@@H]1[C@@H](CCl)O[C@@H](c2ccncc2N)C[C@H]1O[Si](C(C)C)(C(C)C)C(C)C)(C(C)C)C(C)C. The maximum Gasteiger partial charge on any atom is 0.201 e. The fourth-order valence-electron chi connectivity index (χ4n) is 7.54. The number of hydrogen-bond donors (Lipinski definition) is 1. The Balaban J connectivity index is 2.67. The molecule has 1 aromatic heterocycles. The topological polar surface area (TPSA) is 66.6 Å². The van der Waals surface area contributed by atoms with Gasteiger partial charge in [-0.15, -0.1) is 11.6 Å². The van der Waals surface area contributed by atoms with Crippen LogP contribution in [0.2, 0.25) is 33.2 Å². The van der Waals surface area contributed by atoms with Gasteiger partial charge in [0, 0.05) is 18.2 Å². The summed E-state index contributed by atoms with van der Waals surface area (Å²) in [5.74, 6) is 0.352. The average Bonchev–Trinajstić information content (AvgIpc) is 2.79. The van der Waals surface area contributed by atoms with Gasteiger partial charge in [-0.05, 0) is 39.3 Å². The van der Waals surface area contributed by atoms with E-state index >= 15 is 0 Å². The van der Waals surface area contributed by atoms with Crippen LogP contribution >= 0.6 is 11.6 Å². The van der Waals surface area contributed by atoms with Crippen LogP contribution in [-0.2, 0) is 13.6 Å². The number of pyridine rings is 1. The van der Waals surface area contributed by atoms with Crippen LogP contribution < -0.4 is 5.73 Å². The number of nitrogens with two attached hydrogens (primary N) is 1. The number of anilines is 1. The van der Waals surface area contributed by atoms with E-state index in [1.807, 2.05) is 6.07 Å². The summed E-state index contributed by atoms with van der Waals surface area (Å²) in [6, 6.07) is 1.97. The smallest absolute Gasteiger partial charge is 0.201 e. The standard InChI is InChI=1S/C29H55ClN2O3Si2/c1-18(2)36(19(3)4,20(5)6)34-27-15-26(24-13-14-32-17-25(24)31)33-28(16-30)29(27)35-37(21(7)8,22(9)10)23(11)12/h13-14,17-23,26-29H,15-16,31H2,1-12H3/t26-,27-,28-,29+/m1/s1. The van der Waals surface area contributed by atoms with E-state index in [1.54, 1.807) is 12.4 Å². The third kappa shape index (κ3) is 6.49. The summed E-state index contributed by atoms with van der Waals surface area (Å²) in [6.07, 6.45) is 3.38. The molecule has 2 rings (SSSR count). The van der Waals surface area contributed by atoms with Gasteiger partial charge < -0.3 is 19.3 Å². The van der Waals surface area contributed by atoms with Gasteiger partial charge in [-0.25, -0.2) is 0 Å². The molecule has 2 heterocycles. The van der Waals surface area contributed by atoms with Gasteiger partial charge in [-0.2, -0.15) is 0 Å². The number of alkyl halides is 1. The van der Waals surface area contributed by atoms with Gasteiger partial charge in [0.1, 0.15) is 0 Å². The number of ether oxygens (including phenoxy) is 1. The molecule has 0 saturated carbocycles. The lowest BCUT2D eigenvalue weighted by atomic mass is 9.94. The van der Waals surface area contributed by atoms with Crippen molar-refractivity contribution < 1.29 is 13.6 Å². The van der Waals surface area contributed by atoms with Crippen LogP contribution in [0, 0.1) is 0 Å². The molecular weight excluding hydrogens is 516 g/mol. The lowest BCUT2D eigenvalue weighted by Crippen LogP contribution is -2.61. The monoisotopic (exact) mass is 570 g/mol. The average molecular weight is 571 g/mol. The van der Waals surface area contributed by atoms with E-state index in [4.69, 9.17) is 30.9 Å². The van der Waals surface area contributed by atoms with E-state index in [-0.39, 0.29) is 24.4 Å². The molecule has 0 aromatic carbocycles. The minimum atomic E-state index is -2.22. The van der Waals surface area contributed by atoms with Crippen molar-refractivity contribution in [3.05, 3.63) is 24.0 Å². The zero-order chi connectivity index (χ0) is 28.3. The van der Waals surface area contributed by atoms with Crippen LogP contribution in [0.25, 0.3) is 0 Å². The Morgan fingerprint density at radius 1 is 0.865 bits per heavy atom. The number of rotatable bonds is 12. The number of nitrogens with zero attached hydrogens (tertiary/aromatic N) is 1. The molecule has 1 saturated heterocycles. The molecule has 0 radical (unpaired) electrons.